The zero-order valence-corrected chi connectivity index (χ0v) is 13.8. The number of thioether (sulfide) groups is 1. The highest BCUT2D eigenvalue weighted by Crippen LogP contribution is 2.39. The number of piperidine rings is 1. The lowest BCUT2D eigenvalue weighted by Gasteiger charge is -2.30. The normalized spacial score (nSPS) is 22.5. The van der Waals surface area contributed by atoms with E-state index in [4.69, 9.17) is 0 Å². The first-order chi connectivity index (χ1) is 11.1. The minimum Gasteiger partial charge on any atom is -0.325 e. The molecule has 0 unspecified atom stereocenters. The molecular weight excluding hydrogens is 314 g/mol. The highest BCUT2D eigenvalue weighted by molar-refractivity contribution is 8.00. The monoisotopic (exact) mass is 335 g/mol. The van der Waals surface area contributed by atoms with Gasteiger partial charge in [0.15, 0.2) is 0 Å². The van der Waals surface area contributed by atoms with Gasteiger partial charge >= 0.3 is 0 Å². The van der Waals surface area contributed by atoms with E-state index in [0.717, 1.165) is 25.2 Å². The maximum absolute atomic E-state index is 12.2. The quantitative estimate of drug-likeness (QED) is 0.611. The first-order valence-electron chi connectivity index (χ1n) is 8.03. The Kier molecular flexibility index (Phi) is 5.17. The van der Waals surface area contributed by atoms with Crippen LogP contribution in [0, 0.1) is 10.1 Å². The van der Waals surface area contributed by atoms with Crippen LogP contribution in [-0.2, 0) is 4.79 Å². The van der Waals surface area contributed by atoms with Crippen LogP contribution in [0.3, 0.4) is 0 Å². The molecule has 23 heavy (non-hydrogen) atoms. The summed E-state index contributed by atoms with van der Waals surface area (Å²) in [6, 6.07) is 6.64. The van der Waals surface area contributed by atoms with Crippen LogP contribution in [0.1, 0.15) is 30.2 Å². The van der Waals surface area contributed by atoms with Crippen LogP contribution in [-0.4, -0.2) is 52.6 Å². The molecule has 0 radical (unpaired) electrons. The van der Waals surface area contributed by atoms with Gasteiger partial charge in [-0.25, -0.2) is 0 Å². The van der Waals surface area contributed by atoms with Crippen LogP contribution in [0.15, 0.2) is 24.3 Å². The van der Waals surface area contributed by atoms with Crippen LogP contribution in [0.25, 0.3) is 0 Å². The Bertz CT molecular complexity index is 590. The van der Waals surface area contributed by atoms with Gasteiger partial charge in [0, 0.05) is 25.2 Å². The predicted octanol–water partition coefficient (Wildman–Crippen LogP) is 2.65. The Balaban J connectivity index is 1.69. The average Bonchev–Trinajstić information content (AvgIpc) is 2.95. The third kappa shape index (κ3) is 3.84. The van der Waals surface area contributed by atoms with Crippen LogP contribution in [0.5, 0.6) is 0 Å². The zero-order valence-electron chi connectivity index (χ0n) is 13.0. The third-order valence-electron chi connectivity index (χ3n) is 4.44. The number of rotatable bonds is 5. The maximum atomic E-state index is 12.2. The van der Waals surface area contributed by atoms with E-state index in [-0.39, 0.29) is 21.9 Å². The van der Waals surface area contributed by atoms with Gasteiger partial charge in [-0.05, 0) is 31.5 Å². The van der Waals surface area contributed by atoms with E-state index < -0.39 is 0 Å². The van der Waals surface area contributed by atoms with Gasteiger partial charge < -0.3 is 9.80 Å². The lowest BCUT2D eigenvalue weighted by atomic mass is 10.1. The van der Waals surface area contributed by atoms with Crippen molar-refractivity contribution in [2.75, 3.05) is 31.9 Å². The SMILES string of the molecule is O=C1CS[C@@H](c2cccc([N+](=O)[O-])c2)N1CCN1CCCCC1. The molecule has 0 spiro atoms. The molecule has 1 aromatic carbocycles. The molecule has 2 aliphatic rings. The Morgan fingerprint density at radius 3 is 2.74 bits per heavy atom. The van der Waals surface area contributed by atoms with Crippen molar-refractivity contribution < 1.29 is 9.72 Å². The molecule has 0 saturated carbocycles. The van der Waals surface area contributed by atoms with Gasteiger partial charge in [0.25, 0.3) is 5.69 Å². The minimum absolute atomic E-state index is 0.0819. The minimum atomic E-state index is -0.386. The van der Waals surface area contributed by atoms with E-state index >= 15 is 0 Å². The van der Waals surface area contributed by atoms with Crippen molar-refractivity contribution in [3.8, 4) is 0 Å². The standard InChI is InChI=1S/C16H21N3O3S/c20-15-12-23-16(13-5-4-6-14(11-13)19(21)22)18(15)10-9-17-7-2-1-3-8-17/h4-6,11,16H,1-3,7-10,12H2/t16-/m0/s1. The number of hydrogen-bond donors (Lipinski definition) is 0. The number of nitrogens with zero attached hydrogens (tertiary/aromatic N) is 3. The van der Waals surface area contributed by atoms with Gasteiger partial charge in [-0.1, -0.05) is 18.6 Å². The number of hydrogen-bond acceptors (Lipinski definition) is 5. The van der Waals surface area contributed by atoms with Crippen LogP contribution in [0.2, 0.25) is 0 Å². The molecule has 6 nitrogen and oxygen atoms in total. The van der Waals surface area contributed by atoms with Crippen LogP contribution >= 0.6 is 11.8 Å². The van der Waals surface area contributed by atoms with E-state index in [1.165, 1.54) is 25.3 Å². The van der Waals surface area contributed by atoms with Gasteiger partial charge in [0.2, 0.25) is 5.91 Å². The Labute approximate surface area is 140 Å². The van der Waals surface area contributed by atoms with Crippen molar-refractivity contribution >= 4 is 23.4 Å². The molecule has 7 heteroatoms. The van der Waals surface area contributed by atoms with Crippen LogP contribution in [0.4, 0.5) is 5.69 Å². The summed E-state index contributed by atoms with van der Waals surface area (Å²) in [5, 5.41) is 10.9. The summed E-state index contributed by atoms with van der Waals surface area (Å²) in [7, 11) is 0. The number of nitro benzene ring substituents is 1. The van der Waals surface area contributed by atoms with E-state index in [0.29, 0.717) is 12.3 Å². The van der Waals surface area contributed by atoms with Crippen molar-refractivity contribution in [2.24, 2.45) is 0 Å². The van der Waals surface area contributed by atoms with E-state index in [2.05, 4.69) is 4.90 Å². The van der Waals surface area contributed by atoms with Crippen LogP contribution < -0.4 is 0 Å². The van der Waals surface area contributed by atoms with Crippen molar-refractivity contribution in [1.29, 1.82) is 0 Å². The highest BCUT2D eigenvalue weighted by Gasteiger charge is 2.33. The fourth-order valence-electron chi connectivity index (χ4n) is 3.20. The summed E-state index contributed by atoms with van der Waals surface area (Å²) in [5.41, 5.74) is 0.923. The summed E-state index contributed by atoms with van der Waals surface area (Å²) >= 11 is 1.55. The topological polar surface area (TPSA) is 66.7 Å². The predicted molar refractivity (Wildman–Crippen MR) is 90.3 cm³/mol. The summed E-state index contributed by atoms with van der Waals surface area (Å²) in [5.74, 6) is 0.580. The van der Waals surface area contributed by atoms with E-state index in [1.807, 2.05) is 11.0 Å². The summed E-state index contributed by atoms with van der Waals surface area (Å²) in [4.78, 5) is 27.1. The molecule has 1 aromatic rings. The summed E-state index contributed by atoms with van der Waals surface area (Å²) in [6.07, 6.45) is 3.76. The van der Waals surface area contributed by atoms with Gasteiger partial charge in [-0.3, -0.25) is 14.9 Å². The molecule has 124 valence electrons. The molecular formula is C16H21N3O3S. The third-order valence-corrected chi connectivity index (χ3v) is 5.70. The Morgan fingerprint density at radius 2 is 2.00 bits per heavy atom. The molecule has 2 aliphatic heterocycles. The molecule has 0 bridgehead atoms. The first kappa shape index (κ1) is 16.3. The number of carbonyl (C=O) groups is 1. The summed E-state index contributed by atoms with van der Waals surface area (Å²) < 4.78 is 0. The van der Waals surface area contributed by atoms with Gasteiger partial charge in [0.1, 0.15) is 5.37 Å². The molecule has 2 heterocycles. The number of benzene rings is 1. The molecule has 2 saturated heterocycles. The van der Waals surface area contributed by atoms with Crippen molar-refractivity contribution in [1.82, 2.24) is 9.80 Å². The second kappa shape index (κ2) is 7.31. The van der Waals surface area contributed by atoms with Gasteiger partial charge in [-0.15, -0.1) is 11.8 Å². The molecule has 0 aromatic heterocycles. The second-order valence-electron chi connectivity index (χ2n) is 6.00. The Morgan fingerprint density at radius 1 is 1.22 bits per heavy atom. The fraction of sp³-hybridized carbons (Fsp3) is 0.562. The van der Waals surface area contributed by atoms with Crippen molar-refractivity contribution in [3.05, 3.63) is 39.9 Å². The molecule has 2 fully saturated rings. The number of amides is 1. The van der Waals surface area contributed by atoms with E-state index in [9.17, 15) is 14.9 Å². The average molecular weight is 335 g/mol. The van der Waals surface area contributed by atoms with Crippen molar-refractivity contribution in [3.63, 3.8) is 0 Å². The number of non-ortho nitro benzene ring substituents is 1. The lowest BCUT2D eigenvalue weighted by Crippen LogP contribution is -2.39. The van der Waals surface area contributed by atoms with Gasteiger partial charge in [0.05, 0.1) is 10.7 Å². The zero-order chi connectivity index (χ0) is 16.2. The first-order valence-corrected chi connectivity index (χ1v) is 9.08. The maximum Gasteiger partial charge on any atom is 0.269 e. The molecule has 3 rings (SSSR count). The number of likely N-dealkylation sites (tertiary alicyclic amines) is 1. The summed E-state index contributed by atoms with van der Waals surface area (Å²) in [6.45, 7) is 3.80. The molecule has 0 aliphatic carbocycles. The number of nitro groups is 1. The largest absolute Gasteiger partial charge is 0.325 e. The molecule has 1 atom stereocenters. The Hall–Kier alpha value is -1.60. The molecule has 0 N–H and O–H groups in total. The molecule has 1 amide bonds. The lowest BCUT2D eigenvalue weighted by molar-refractivity contribution is -0.384. The van der Waals surface area contributed by atoms with Gasteiger partial charge in [-0.2, -0.15) is 0 Å². The van der Waals surface area contributed by atoms with Crippen molar-refractivity contribution in [2.45, 2.75) is 24.6 Å². The smallest absolute Gasteiger partial charge is 0.269 e. The number of carbonyl (C=O) groups excluding carboxylic acids is 1. The fourth-order valence-corrected chi connectivity index (χ4v) is 4.40. The highest BCUT2D eigenvalue weighted by atomic mass is 32.2. The van der Waals surface area contributed by atoms with E-state index in [1.54, 1.807) is 23.9 Å². The second-order valence-corrected chi connectivity index (χ2v) is 7.07.